The molecule has 0 bridgehead atoms. The Balaban J connectivity index is 1.26. The van der Waals surface area contributed by atoms with Gasteiger partial charge in [-0.3, -0.25) is 4.98 Å². The average molecular weight is 326 g/mol. The molecule has 1 spiro atoms. The van der Waals surface area contributed by atoms with Gasteiger partial charge in [-0.2, -0.15) is 0 Å². The molecule has 4 heterocycles. The SMILES string of the molecule is c1cnc(N2CC3(C2)OCC[C@@H]3CCOCc2cccnc2)nc1. The van der Waals surface area contributed by atoms with Gasteiger partial charge in [0.1, 0.15) is 5.60 Å². The summed E-state index contributed by atoms with van der Waals surface area (Å²) in [4.78, 5) is 14.9. The zero-order valence-corrected chi connectivity index (χ0v) is 13.7. The van der Waals surface area contributed by atoms with E-state index in [0.717, 1.165) is 50.7 Å². The summed E-state index contributed by atoms with van der Waals surface area (Å²) in [5, 5.41) is 0. The largest absolute Gasteiger partial charge is 0.377 e. The lowest BCUT2D eigenvalue weighted by Crippen LogP contribution is -2.65. The van der Waals surface area contributed by atoms with Gasteiger partial charge < -0.3 is 14.4 Å². The molecule has 0 aliphatic carbocycles. The summed E-state index contributed by atoms with van der Waals surface area (Å²) < 4.78 is 11.9. The fraction of sp³-hybridized carbons (Fsp3) is 0.500. The van der Waals surface area contributed by atoms with Gasteiger partial charge in [0.25, 0.3) is 0 Å². The Morgan fingerprint density at radius 1 is 1.21 bits per heavy atom. The number of aromatic nitrogens is 3. The molecule has 1 atom stereocenters. The second kappa shape index (κ2) is 6.83. The van der Waals surface area contributed by atoms with E-state index < -0.39 is 0 Å². The van der Waals surface area contributed by atoms with Crippen molar-refractivity contribution in [3.8, 4) is 0 Å². The van der Waals surface area contributed by atoms with E-state index in [9.17, 15) is 0 Å². The fourth-order valence-corrected chi connectivity index (χ4v) is 3.64. The summed E-state index contributed by atoms with van der Waals surface area (Å²) >= 11 is 0. The fourth-order valence-electron chi connectivity index (χ4n) is 3.64. The van der Waals surface area contributed by atoms with Crippen LogP contribution in [0.3, 0.4) is 0 Å². The van der Waals surface area contributed by atoms with Gasteiger partial charge in [0.15, 0.2) is 0 Å². The first-order valence-corrected chi connectivity index (χ1v) is 8.48. The van der Waals surface area contributed by atoms with Gasteiger partial charge in [0, 0.05) is 38.0 Å². The Morgan fingerprint density at radius 2 is 2.08 bits per heavy atom. The highest BCUT2D eigenvalue weighted by Crippen LogP contribution is 2.42. The molecule has 2 saturated heterocycles. The third-order valence-electron chi connectivity index (χ3n) is 4.95. The molecule has 2 fully saturated rings. The maximum Gasteiger partial charge on any atom is 0.225 e. The summed E-state index contributed by atoms with van der Waals surface area (Å²) in [6, 6.07) is 5.82. The number of rotatable bonds is 6. The summed E-state index contributed by atoms with van der Waals surface area (Å²) in [5.41, 5.74) is 1.09. The summed E-state index contributed by atoms with van der Waals surface area (Å²) in [5.74, 6) is 1.34. The second-order valence-corrected chi connectivity index (χ2v) is 6.51. The lowest BCUT2D eigenvalue weighted by Gasteiger charge is -2.50. The van der Waals surface area contributed by atoms with Gasteiger partial charge in [-0.15, -0.1) is 0 Å². The topological polar surface area (TPSA) is 60.4 Å². The molecule has 0 N–H and O–H groups in total. The maximum absolute atomic E-state index is 6.09. The molecule has 0 saturated carbocycles. The minimum absolute atomic E-state index is 0.0309. The van der Waals surface area contributed by atoms with Crippen molar-refractivity contribution in [3.63, 3.8) is 0 Å². The highest BCUT2D eigenvalue weighted by molar-refractivity contribution is 5.37. The highest BCUT2D eigenvalue weighted by atomic mass is 16.5. The predicted octanol–water partition coefficient (Wildman–Crippen LogP) is 2.07. The Hall–Kier alpha value is -2.05. The number of ether oxygens (including phenoxy) is 2. The van der Waals surface area contributed by atoms with Crippen molar-refractivity contribution in [1.82, 2.24) is 15.0 Å². The van der Waals surface area contributed by atoms with E-state index in [-0.39, 0.29) is 5.60 Å². The van der Waals surface area contributed by atoms with E-state index in [0.29, 0.717) is 12.5 Å². The second-order valence-electron chi connectivity index (χ2n) is 6.51. The van der Waals surface area contributed by atoms with Gasteiger partial charge >= 0.3 is 0 Å². The van der Waals surface area contributed by atoms with Crippen molar-refractivity contribution in [1.29, 1.82) is 0 Å². The zero-order valence-electron chi connectivity index (χ0n) is 13.7. The molecule has 2 aliphatic rings. The average Bonchev–Trinajstić information content (AvgIpc) is 3.03. The third-order valence-corrected chi connectivity index (χ3v) is 4.95. The summed E-state index contributed by atoms with van der Waals surface area (Å²) in [6.07, 6.45) is 9.34. The van der Waals surface area contributed by atoms with Gasteiger partial charge in [-0.1, -0.05) is 6.07 Å². The van der Waals surface area contributed by atoms with E-state index in [1.54, 1.807) is 18.6 Å². The number of hydrogen-bond acceptors (Lipinski definition) is 6. The monoisotopic (exact) mass is 326 g/mol. The molecule has 6 heteroatoms. The van der Waals surface area contributed by atoms with Crippen molar-refractivity contribution in [2.24, 2.45) is 5.92 Å². The molecule has 126 valence electrons. The van der Waals surface area contributed by atoms with E-state index in [4.69, 9.17) is 9.47 Å². The first-order valence-electron chi connectivity index (χ1n) is 8.48. The molecule has 2 aromatic heterocycles. The van der Waals surface area contributed by atoms with Crippen molar-refractivity contribution in [2.45, 2.75) is 25.0 Å². The molecule has 0 radical (unpaired) electrons. The van der Waals surface area contributed by atoms with Crippen molar-refractivity contribution in [2.75, 3.05) is 31.2 Å². The van der Waals surface area contributed by atoms with Crippen molar-refractivity contribution in [3.05, 3.63) is 48.5 Å². The molecular formula is C18H22N4O2. The lowest BCUT2D eigenvalue weighted by atomic mass is 9.79. The molecule has 0 aromatic carbocycles. The maximum atomic E-state index is 6.09. The minimum Gasteiger partial charge on any atom is -0.377 e. The van der Waals surface area contributed by atoms with Crippen LogP contribution in [-0.2, 0) is 16.1 Å². The molecule has 24 heavy (non-hydrogen) atoms. The van der Waals surface area contributed by atoms with E-state index in [1.165, 1.54) is 0 Å². The predicted molar refractivity (Wildman–Crippen MR) is 89.5 cm³/mol. The van der Waals surface area contributed by atoms with Crippen LogP contribution in [0.15, 0.2) is 43.0 Å². The molecular weight excluding hydrogens is 304 g/mol. The zero-order chi connectivity index (χ0) is 16.2. The van der Waals surface area contributed by atoms with Crippen molar-refractivity contribution < 1.29 is 9.47 Å². The van der Waals surface area contributed by atoms with Gasteiger partial charge in [-0.25, -0.2) is 9.97 Å². The van der Waals surface area contributed by atoms with Crippen LogP contribution in [0.1, 0.15) is 18.4 Å². The normalized spacial score (nSPS) is 21.8. The Kier molecular flexibility index (Phi) is 4.40. The summed E-state index contributed by atoms with van der Waals surface area (Å²) in [7, 11) is 0. The lowest BCUT2D eigenvalue weighted by molar-refractivity contribution is -0.0515. The smallest absolute Gasteiger partial charge is 0.225 e. The first-order chi connectivity index (χ1) is 11.9. The molecule has 0 amide bonds. The molecule has 2 aliphatic heterocycles. The van der Waals surface area contributed by atoms with Crippen LogP contribution < -0.4 is 4.90 Å². The number of pyridine rings is 1. The highest BCUT2D eigenvalue weighted by Gasteiger charge is 2.53. The van der Waals surface area contributed by atoms with Crippen LogP contribution in [0, 0.1) is 5.92 Å². The van der Waals surface area contributed by atoms with E-state index in [2.05, 4.69) is 19.9 Å². The molecule has 2 aromatic rings. The van der Waals surface area contributed by atoms with E-state index in [1.807, 2.05) is 24.4 Å². The molecule has 0 unspecified atom stereocenters. The Morgan fingerprint density at radius 3 is 2.88 bits per heavy atom. The quantitative estimate of drug-likeness (QED) is 0.758. The van der Waals surface area contributed by atoms with Crippen LogP contribution in [0.5, 0.6) is 0 Å². The minimum atomic E-state index is -0.0309. The van der Waals surface area contributed by atoms with Crippen LogP contribution in [0.2, 0.25) is 0 Å². The Bertz CT molecular complexity index is 647. The molecule has 6 nitrogen and oxygen atoms in total. The third kappa shape index (κ3) is 3.12. The van der Waals surface area contributed by atoms with E-state index >= 15 is 0 Å². The number of anilines is 1. The van der Waals surface area contributed by atoms with Gasteiger partial charge in [-0.05, 0) is 36.5 Å². The van der Waals surface area contributed by atoms with Crippen molar-refractivity contribution >= 4 is 5.95 Å². The van der Waals surface area contributed by atoms with Crippen LogP contribution >= 0.6 is 0 Å². The number of hydrogen-bond donors (Lipinski definition) is 0. The summed E-state index contributed by atoms with van der Waals surface area (Å²) in [6.45, 7) is 3.98. The first kappa shape index (κ1) is 15.5. The Labute approximate surface area is 141 Å². The van der Waals surface area contributed by atoms with Crippen LogP contribution in [-0.4, -0.2) is 46.9 Å². The van der Waals surface area contributed by atoms with Crippen LogP contribution in [0.4, 0.5) is 5.95 Å². The number of nitrogens with zero attached hydrogens (tertiary/aromatic N) is 4. The standard InChI is InChI=1S/C18H22N4O2/c1-3-15(11-19-6-1)12-23-9-4-16-5-10-24-18(16)13-22(14-18)17-20-7-2-8-21-17/h1-3,6-8,11,16H,4-5,9-10,12-14H2/t16-/m0/s1. The van der Waals surface area contributed by atoms with Gasteiger partial charge in [0.05, 0.1) is 19.7 Å². The molecule has 4 rings (SSSR count). The van der Waals surface area contributed by atoms with Gasteiger partial charge in [0.2, 0.25) is 5.95 Å². The van der Waals surface area contributed by atoms with Crippen LogP contribution in [0.25, 0.3) is 0 Å².